The van der Waals surface area contributed by atoms with Crippen LogP contribution in [0.1, 0.15) is 6.92 Å². The Kier molecular flexibility index (Phi) is 5.07. The van der Waals surface area contributed by atoms with Crippen molar-refractivity contribution in [3.05, 3.63) is 54.6 Å². The standard InChI is InChI=1S/C16H17NO2S/c1-12(20-13-8-4-3-5-9-13)16(18)17-14-10-6-7-11-15(14)19-2/h3-12H,1-2H3,(H,17,18)/t12-/m0/s1. The van der Waals surface area contributed by atoms with Gasteiger partial charge in [0.1, 0.15) is 5.75 Å². The van der Waals surface area contributed by atoms with E-state index in [2.05, 4.69) is 5.32 Å². The number of thioether (sulfide) groups is 1. The number of hydrogen-bond donors (Lipinski definition) is 1. The largest absolute Gasteiger partial charge is 0.495 e. The van der Waals surface area contributed by atoms with E-state index in [0.29, 0.717) is 11.4 Å². The molecule has 3 nitrogen and oxygen atoms in total. The predicted octanol–water partition coefficient (Wildman–Crippen LogP) is 3.81. The number of rotatable bonds is 5. The number of benzene rings is 2. The third-order valence-electron chi connectivity index (χ3n) is 2.79. The van der Waals surface area contributed by atoms with E-state index in [-0.39, 0.29) is 11.2 Å². The Hall–Kier alpha value is -1.94. The average Bonchev–Trinajstić information content (AvgIpc) is 2.48. The first kappa shape index (κ1) is 14.5. The predicted molar refractivity (Wildman–Crippen MR) is 83.4 cm³/mol. The van der Waals surface area contributed by atoms with Crippen molar-refractivity contribution in [3.8, 4) is 5.75 Å². The number of para-hydroxylation sites is 2. The topological polar surface area (TPSA) is 38.3 Å². The number of methoxy groups -OCH3 is 1. The van der Waals surface area contributed by atoms with Crippen LogP contribution < -0.4 is 10.1 Å². The zero-order valence-corrected chi connectivity index (χ0v) is 12.3. The summed E-state index contributed by atoms with van der Waals surface area (Å²) in [6.45, 7) is 1.89. The first-order valence-corrected chi connectivity index (χ1v) is 7.24. The van der Waals surface area contributed by atoms with Gasteiger partial charge in [0.15, 0.2) is 0 Å². The minimum atomic E-state index is -0.178. The second-order valence-corrected chi connectivity index (χ2v) is 5.68. The molecular formula is C16H17NO2S. The summed E-state index contributed by atoms with van der Waals surface area (Å²) in [6, 6.07) is 17.3. The van der Waals surface area contributed by atoms with Crippen LogP contribution in [0.2, 0.25) is 0 Å². The molecule has 4 heteroatoms. The third kappa shape index (κ3) is 3.78. The highest BCUT2D eigenvalue weighted by molar-refractivity contribution is 8.00. The zero-order valence-electron chi connectivity index (χ0n) is 11.5. The van der Waals surface area contributed by atoms with E-state index in [1.54, 1.807) is 7.11 Å². The number of ether oxygens (including phenoxy) is 1. The quantitative estimate of drug-likeness (QED) is 0.850. The van der Waals surface area contributed by atoms with E-state index in [9.17, 15) is 4.79 Å². The monoisotopic (exact) mass is 287 g/mol. The molecule has 0 radical (unpaired) electrons. The molecule has 1 N–H and O–H groups in total. The van der Waals surface area contributed by atoms with Gasteiger partial charge in [0.25, 0.3) is 0 Å². The van der Waals surface area contributed by atoms with Gasteiger partial charge in [-0.1, -0.05) is 30.3 Å². The summed E-state index contributed by atoms with van der Waals surface area (Å²) >= 11 is 1.53. The van der Waals surface area contributed by atoms with Crippen LogP contribution >= 0.6 is 11.8 Å². The molecular weight excluding hydrogens is 270 g/mol. The van der Waals surface area contributed by atoms with Gasteiger partial charge in [-0.3, -0.25) is 4.79 Å². The minimum Gasteiger partial charge on any atom is -0.495 e. The Bertz CT molecular complexity index is 572. The maximum Gasteiger partial charge on any atom is 0.237 e. The van der Waals surface area contributed by atoms with Crippen LogP contribution in [0, 0.1) is 0 Å². The Balaban J connectivity index is 2.01. The van der Waals surface area contributed by atoms with Crippen LogP contribution in [0.15, 0.2) is 59.5 Å². The fourth-order valence-electron chi connectivity index (χ4n) is 1.74. The molecule has 0 fully saturated rings. The molecule has 0 spiro atoms. The number of anilines is 1. The fourth-order valence-corrected chi connectivity index (χ4v) is 2.63. The van der Waals surface area contributed by atoms with Crippen molar-refractivity contribution in [2.45, 2.75) is 17.1 Å². The van der Waals surface area contributed by atoms with Crippen LogP contribution in [0.3, 0.4) is 0 Å². The molecule has 1 amide bonds. The lowest BCUT2D eigenvalue weighted by Crippen LogP contribution is -2.22. The highest BCUT2D eigenvalue weighted by Gasteiger charge is 2.15. The minimum absolute atomic E-state index is 0.0386. The van der Waals surface area contributed by atoms with Crippen molar-refractivity contribution < 1.29 is 9.53 Å². The maximum absolute atomic E-state index is 12.2. The maximum atomic E-state index is 12.2. The molecule has 0 aliphatic rings. The van der Waals surface area contributed by atoms with E-state index < -0.39 is 0 Å². The van der Waals surface area contributed by atoms with Crippen molar-refractivity contribution in [1.29, 1.82) is 0 Å². The van der Waals surface area contributed by atoms with Gasteiger partial charge < -0.3 is 10.1 Å². The van der Waals surface area contributed by atoms with E-state index in [4.69, 9.17) is 4.74 Å². The number of carbonyl (C=O) groups is 1. The highest BCUT2D eigenvalue weighted by Crippen LogP contribution is 2.26. The Morgan fingerprint density at radius 2 is 1.75 bits per heavy atom. The van der Waals surface area contributed by atoms with E-state index in [1.165, 1.54) is 11.8 Å². The van der Waals surface area contributed by atoms with Crippen LogP contribution in [0.5, 0.6) is 5.75 Å². The lowest BCUT2D eigenvalue weighted by atomic mass is 10.3. The van der Waals surface area contributed by atoms with Crippen molar-refractivity contribution in [2.24, 2.45) is 0 Å². The molecule has 0 aromatic heterocycles. The van der Waals surface area contributed by atoms with Crippen LogP contribution in [-0.2, 0) is 4.79 Å². The van der Waals surface area contributed by atoms with Crippen molar-refractivity contribution >= 4 is 23.4 Å². The van der Waals surface area contributed by atoms with Gasteiger partial charge in [-0.2, -0.15) is 0 Å². The van der Waals surface area contributed by atoms with Gasteiger partial charge in [0.2, 0.25) is 5.91 Å². The molecule has 104 valence electrons. The van der Waals surface area contributed by atoms with Crippen LogP contribution in [0.25, 0.3) is 0 Å². The van der Waals surface area contributed by atoms with Gasteiger partial charge in [0.05, 0.1) is 18.0 Å². The summed E-state index contributed by atoms with van der Waals surface area (Å²) in [5.41, 5.74) is 0.695. The Labute approximate surface area is 123 Å². The summed E-state index contributed by atoms with van der Waals surface area (Å²) in [7, 11) is 1.59. The Morgan fingerprint density at radius 3 is 2.45 bits per heavy atom. The molecule has 1 atom stereocenters. The average molecular weight is 287 g/mol. The van der Waals surface area contributed by atoms with Gasteiger partial charge >= 0.3 is 0 Å². The van der Waals surface area contributed by atoms with Crippen molar-refractivity contribution in [2.75, 3.05) is 12.4 Å². The second-order valence-electron chi connectivity index (χ2n) is 4.26. The summed E-state index contributed by atoms with van der Waals surface area (Å²) in [4.78, 5) is 13.3. The van der Waals surface area contributed by atoms with Crippen LogP contribution in [-0.4, -0.2) is 18.3 Å². The first-order valence-electron chi connectivity index (χ1n) is 6.36. The lowest BCUT2D eigenvalue weighted by Gasteiger charge is -2.14. The smallest absolute Gasteiger partial charge is 0.237 e. The SMILES string of the molecule is COc1ccccc1NC(=O)[C@H](C)Sc1ccccc1. The zero-order chi connectivity index (χ0) is 14.4. The molecule has 2 aromatic rings. The fraction of sp³-hybridized carbons (Fsp3) is 0.188. The molecule has 2 aromatic carbocycles. The number of amides is 1. The molecule has 0 unspecified atom stereocenters. The summed E-state index contributed by atoms with van der Waals surface area (Å²) < 4.78 is 5.22. The molecule has 0 aliphatic heterocycles. The molecule has 0 saturated carbocycles. The van der Waals surface area contributed by atoms with Crippen molar-refractivity contribution in [1.82, 2.24) is 0 Å². The Morgan fingerprint density at radius 1 is 1.10 bits per heavy atom. The first-order chi connectivity index (χ1) is 9.70. The third-order valence-corrected chi connectivity index (χ3v) is 3.90. The second kappa shape index (κ2) is 7.01. The van der Waals surface area contributed by atoms with Gasteiger partial charge in [0, 0.05) is 4.90 Å². The number of carbonyl (C=O) groups excluding carboxylic acids is 1. The summed E-state index contributed by atoms with van der Waals surface area (Å²) in [6.07, 6.45) is 0. The highest BCUT2D eigenvalue weighted by atomic mass is 32.2. The summed E-state index contributed by atoms with van der Waals surface area (Å²) in [5.74, 6) is 0.626. The van der Waals surface area contributed by atoms with E-state index in [0.717, 1.165) is 4.90 Å². The van der Waals surface area contributed by atoms with Gasteiger partial charge in [-0.15, -0.1) is 11.8 Å². The van der Waals surface area contributed by atoms with Gasteiger partial charge in [-0.25, -0.2) is 0 Å². The number of nitrogens with one attached hydrogen (secondary N) is 1. The van der Waals surface area contributed by atoms with E-state index in [1.807, 2.05) is 61.5 Å². The molecule has 2 rings (SSSR count). The lowest BCUT2D eigenvalue weighted by molar-refractivity contribution is -0.115. The molecule has 20 heavy (non-hydrogen) atoms. The number of hydrogen-bond acceptors (Lipinski definition) is 3. The van der Waals surface area contributed by atoms with E-state index >= 15 is 0 Å². The van der Waals surface area contributed by atoms with Crippen molar-refractivity contribution in [3.63, 3.8) is 0 Å². The molecule has 0 heterocycles. The molecule has 0 bridgehead atoms. The summed E-state index contributed by atoms with van der Waals surface area (Å²) in [5, 5.41) is 2.72. The van der Waals surface area contributed by atoms with Crippen LogP contribution in [0.4, 0.5) is 5.69 Å². The normalized spacial score (nSPS) is 11.7. The molecule has 0 aliphatic carbocycles. The van der Waals surface area contributed by atoms with Gasteiger partial charge in [-0.05, 0) is 31.2 Å². The molecule has 0 saturated heterocycles.